The highest BCUT2D eigenvalue weighted by atomic mass is 16.3. The molecule has 1 fully saturated rings. The molecule has 2 rings (SSSR count). The minimum atomic E-state index is -0.297. The lowest BCUT2D eigenvalue weighted by atomic mass is 10.1. The van der Waals surface area contributed by atoms with Crippen LogP contribution in [-0.2, 0) is 0 Å². The van der Waals surface area contributed by atoms with Crippen LogP contribution in [0.3, 0.4) is 0 Å². The maximum Gasteiger partial charge on any atom is 0.128 e. The maximum atomic E-state index is 8.99. The molecule has 0 aromatic carbocycles. The van der Waals surface area contributed by atoms with Gasteiger partial charge in [-0.05, 0) is 30.5 Å². The molecule has 0 bridgehead atoms. The molecule has 0 unspecified atom stereocenters. The van der Waals surface area contributed by atoms with Crippen LogP contribution >= 0.6 is 0 Å². The van der Waals surface area contributed by atoms with Crippen molar-refractivity contribution in [2.45, 2.75) is 18.9 Å². The number of pyridine rings is 1. The van der Waals surface area contributed by atoms with Crippen molar-refractivity contribution < 1.29 is 5.11 Å². The average Bonchev–Trinajstić information content (AvgIpc) is 2.82. The lowest BCUT2D eigenvalue weighted by Gasteiger charge is -2.18. The van der Waals surface area contributed by atoms with E-state index in [-0.39, 0.29) is 12.6 Å². The Morgan fingerprint density at radius 1 is 1.47 bits per heavy atom. The molecule has 82 valence electrons. The summed E-state index contributed by atoms with van der Waals surface area (Å²) in [4.78, 5) is 6.58. The Labute approximate surface area is 89.7 Å². The molecule has 1 saturated heterocycles. The van der Waals surface area contributed by atoms with Crippen LogP contribution in [0.15, 0.2) is 18.3 Å². The molecule has 2 heterocycles. The summed E-state index contributed by atoms with van der Waals surface area (Å²) in [5.74, 6) is 0.980. The third-order valence-corrected chi connectivity index (χ3v) is 2.82. The molecular formula is C11H17N3O. The highest BCUT2D eigenvalue weighted by Gasteiger charge is 2.14. The van der Waals surface area contributed by atoms with E-state index in [1.165, 1.54) is 12.8 Å². The largest absolute Gasteiger partial charge is 0.394 e. The molecule has 1 atom stereocenters. The Bertz CT molecular complexity index is 323. The Kier molecular flexibility index (Phi) is 3.18. The second-order valence-electron chi connectivity index (χ2n) is 3.93. The van der Waals surface area contributed by atoms with E-state index in [9.17, 15) is 0 Å². The van der Waals surface area contributed by atoms with Crippen molar-refractivity contribution in [2.75, 3.05) is 24.6 Å². The number of anilines is 1. The van der Waals surface area contributed by atoms with Crippen LogP contribution in [0.25, 0.3) is 0 Å². The van der Waals surface area contributed by atoms with Gasteiger partial charge >= 0.3 is 0 Å². The fourth-order valence-electron chi connectivity index (χ4n) is 1.89. The first kappa shape index (κ1) is 10.4. The van der Waals surface area contributed by atoms with E-state index in [1.807, 2.05) is 12.1 Å². The van der Waals surface area contributed by atoms with Gasteiger partial charge in [0.2, 0.25) is 0 Å². The van der Waals surface area contributed by atoms with Gasteiger partial charge in [-0.3, -0.25) is 0 Å². The zero-order valence-corrected chi connectivity index (χ0v) is 8.76. The first-order valence-electron chi connectivity index (χ1n) is 5.38. The van der Waals surface area contributed by atoms with Gasteiger partial charge in [0.25, 0.3) is 0 Å². The average molecular weight is 207 g/mol. The number of rotatable bonds is 3. The molecule has 0 spiro atoms. The van der Waals surface area contributed by atoms with Gasteiger partial charge in [-0.2, -0.15) is 0 Å². The van der Waals surface area contributed by atoms with E-state index in [0.29, 0.717) is 0 Å². The fraction of sp³-hybridized carbons (Fsp3) is 0.545. The summed E-state index contributed by atoms with van der Waals surface area (Å²) in [6.45, 7) is 2.12. The quantitative estimate of drug-likeness (QED) is 0.765. The van der Waals surface area contributed by atoms with Gasteiger partial charge in [0.1, 0.15) is 5.82 Å². The summed E-state index contributed by atoms with van der Waals surface area (Å²) in [5.41, 5.74) is 6.72. The molecule has 0 saturated carbocycles. The molecule has 0 radical (unpaired) electrons. The summed E-state index contributed by atoms with van der Waals surface area (Å²) in [6.07, 6.45) is 4.23. The van der Waals surface area contributed by atoms with Crippen molar-refractivity contribution in [2.24, 2.45) is 5.73 Å². The van der Waals surface area contributed by atoms with Crippen LogP contribution in [0.2, 0.25) is 0 Å². The van der Waals surface area contributed by atoms with Crippen LogP contribution in [-0.4, -0.2) is 29.8 Å². The molecule has 4 heteroatoms. The predicted molar refractivity (Wildman–Crippen MR) is 59.7 cm³/mol. The number of hydrogen-bond acceptors (Lipinski definition) is 4. The molecule has 15 heavy (non-hydrogen) atoms. The molecule has 0 aliphatic carbocycles. The number of nitrogens with zero attached hydrogens (tertiary/aromatic N) is 2. The molecule has 3 N–H and O–H groups in total. The van der Waals surface area contributed by atoms with E-state index < -0.39 is 0 Å². The van der Waals surface area contributed by atoms with Crippen LogP contribution in [0, 0.1) is 0 Å². The normalized spacial score (nSPS) is 18.1. The third-order valence-electron chi connectivity index (χ3n) is 2.82. The standard InChI is InChI=1S/C11H17N3O/c12-10(8-15)9-3-4-13-11(7-9)14-5-1-2-6-14/h3-4,7,10,15H,1-2,5-6,8,12H2/t10-/m0/s1. The second kappa shape index (κ2) is 4.59. The zero-order chi connectivity index (χ0) is 10.7. The maximum absolute atomic E-state index is 8.99. The van der Waals surface area contributed by atoms with Crippen molar-refractivity contribution in [1.82, 2.24) is 4.98 Å². The Hall–Kier alpha value is -1.13. The van der Waals surface area contributed by atoms with Gasteiger partial charge in [-0.15, -0.1) is 0 Å². The molecule has 1 aromatic rings. The van der Waals surface area contributed by atoms with Gasteiger partial charge < -0.3 is 15.7 Å². The van der Waals surface area contributed by atoms with Crippen molar-refractivity contribution in [3.63, 3.8) is 0 Å². The van der Waals surface area contributed by atoms with Crippen molar-refractivity contribution >= 4 is 5.82 Å². The highest BCUT2D eigenvalue weighted by Crippen LogP contribution is 2.20. The number of aliphatic hydroxyl groups is 1. The molecule has 0 amide bonds. The first-order chi connectivity index (χ1) is 7.31. The van der Waals surface area contributed by atoms with Gasteiger partial charge in [-0.25, -0.2) is 4.98 Å². The SMILES string of the molecule is N[C@@H](CO)c1ccnc(N2CCCC2)c1. The zero-order valence-electron chi connectivity index (χ0n) is 8.76. The lowest BCUT2D eigenvalue weighted by Crippen LogP contribution is -2.20. The van der Waals surface area contributed by atoms with Crippen LogP contribution in [0.1, 0.15) is 24.4 Å². The summed E-state index contributed by atoms with van der Waals surface area (Å²) >= 11 is 0. The minimum Gasteiger partial charge on any atom is -0.394 e. The van der Waals surface area contributed by atoms with E-state index in [0.717, 1.165) is 24.5 Å². The molecule has 1 aromatic heterocycles. The number of nitrogens with two attached hydrogens (primary N) is 1. The number of hydrogen-bond donors (Lipinski definition) is 2. The Balaban J connectivity index is 2.18. The first-order valence-corrected chi connectivity index (χ1v) is 5.38. The monoisotopic (exact) mass is 207 g/mol. The second-order valence-corrected chi connectivity index (χ2v) is 3.93. The predicted octanol–water partition coefficient (Wildman–Crippen LogP) is 0.674. The number of aromatic nitrogens is 1. The van der Waals surface area contributed by atoms with E-state index in [4.69, 9.17) is 10.8 Å². The number of aliphatic hydroxyl groups excluding tert-OH is 1. The van der Waals surface area contributed by atoms with Crippen LogP contribution < -0.4 is 10.6 Å². The summed E-state index contributed by atoms with van der Waals surface area (Å²) in [7, 11) is 0. The van der Waals surface area contributed by atoms with Gasteiger partial charge in [-0.1, -0.05) is 0 Å². The highest BCUT2D eigenvalue weighted by molar-refractivity contribution is 5.42. The van der Waals surface area contributed by atoms with Gasteiger partial charge in [0.15, 0.2) is 0 Å². The third kappa shape index (κ3) is 2.27. The van der Waals surface area contributed by atoms with Crippen LogP contribution in [0.5, 0.6) is 0 Å². The van der Waals surface area contributed by atoms with E-state index in [2.05, 4.69) is 9.88 Å². The van der Waals surface area contributed by atoms with Gasteiger partial charge in [0, 0.05) is 19.3 Å². The smallest absolute Gasteiger partial charge is 0.128 e. The Morgan fingerprint density at radius 2 is 2.20 bits per heavy atom. The molecule has 1 aliphatic rings. The molecular weight excluding hydrogens is 190 g/mol. The van der Waals surface area contributed by atoms with E-state index >= 15 is 0 Å². The van der Waals surface area contributed by atoms with Crippen molar-refractivity contribution in [1.29, 1.82) is 0 Å². The minimum absolute atomic E-state index is 0.0244. The topological polar surface area (TPSA) is 62.4 Å². The lowest BCUT2D eigenvalue weighted by molar-refractivity contribution is 0.268. The van der Waals surface area contributed by atoms with Crippen LogP contribution in [0.4, 0.5) is 5.82 Å². The molecule has 1 aliphatic heterocycles. The van der Waals surface area contributed by atoms with Crippen molar-refractivity contribution in [3.05, 3.63) is 23.9 Å². The summed E-state index contributed by atoms with van der Waals surface area (Å²) in [5, 5.41) is 8.99. The summed E-state index contributed by atoms with van der Waals surface area (Å²) in [6, 6.07) is 3.54. The van der Waals surface area contributed by atoms with Crippen molar-refractivity contribution in [3.8, 4) is 0 Å². The summed E-state index contributed by atoms with van der Waals surface area (Å²) < 4.78 is 0. The Morgan fingerprint density at radius 3 is 2.87 bits per heavy atom. The van der Waals surface area contributed by atoms with E-state index in [1.54, 1.807) is 6.20 Å². The fourth-order valence-corrected chi connectivity index (χ4v) is 1.89. The molecule has 4 nitrogen and oxygen atoms in total. The van der Waals surface area contributed by atoms with Gasteiger partial charge in [0.05, 0.1) is 12.6 Å².